The van der Waals surface area contributed by atoms with Crippen molar-refractivity contribution < 1.29 is 0 Å². The van der Waals surface area contributed by atoms with Crippen molar-refractivity contribution in [3.05, 3.63) is 26.9 Å². The number of hydrogen-bond donors (Lipinski definition) is 1. The minimum Gasteiger partial charge on any atom is -0.385 e. The largest absolute Gasteiger partial charge is 0.385 e. The summed E-state index contributed by atoms with van der Waals surface area (Å²) in [7, 11) is 1.55. The second-order valence-corrected chi connectivity index (χ2v) is 3.75. The standard InChI is InChI=1S/C9H15N3O2/c1-6(2)5-12-8(13)4-7(10)11(3)9(12)14/h4,6H,5,10H2,1-3H3. The van der Waals surface area contributed by atoms with E-state index < -0.39 is 0 Å². The third-order valence-electron chi connectivity index (χ3n) is 1.99. The molecule has 1 heterocycles. The van der Waals surface area contributed by atoms with Gasteiger partial charge in [-0.05, 0) is 5.92 Å². The number of nitrogen functional groups attached to an aromatic ring is 1. The van der Waals surface area contributed by atoms with Crippen LogP contribution in [-0.2, 0) is 13.6 Å². The van der Waals surface area contributed by atoms with E-state index in [0.29, 0.717) is 6.54 Å². The van der Waals surface area contributed by atoms with Crippen LogP contribution in [0.5, 0.6) is 0 Å². The average molecular weight is 197 g/mol. The maximum atomic E-state index is 11.6. The minimum atomic E-state index is -0.358. The molecule has 2 N–H and O–H groups in total. The fourth-order valence-corrected chi connectivity index (χ4v) is 1.22. The molecular formula is C9H15N3O2. The summed E-state index contributed by atoms with van der Waals surface area (Å²) >= 11 is 0. The van der Waals surface area contributed by atoms with Crippen LogP contribution in [0.2, 0.25) is 0 Å². The summed E-state index contributed by atoms with van der Waals surface area (Å²) < 4.78 is 2.46. The van der Waals surface area contributed by atoms with Gasteiger partial charge in [-0.3, -0.25) is 13.9 Å². The lowest BCUT2D eigenvalue weighted by Crippen LogP contribution is -2.40. The summed E-state index contributed by atoms with van der Waals surface area (Å²) in [6.07, 6.45) is 0. The molecule has 0 aliphatic rings. The zero-order valence-electron chi connectivity index (χ0n) is 8.65. The smallest absolute Gasteiger partial charge is 0.332 e. The SMILES string of the molecule is CC(C)Cn1c(=O)cc(N)n(C)c1=O. The third-order valence-corrected chi connectivity index (χ3v) is 1.99. The quantitative estimate of drug-likeness (QED) is 0.713. The van der Waals surface area contributed by atoms with Crippen LogP contribution in [0.15, 0.2) is 15.7 Å². The fraction of sp³-hybridized carbons (Fsp3) is 0.556. The van der Waals surface area contributed by atoms with Crippen molar-refractivity contribution in [1.82, 2.24) is 9.13 Å². The summed E-state index contributed by atoms with van der Waals surface area (Å²) in [4.78, 5) is 23.0. The molecule has 0 aliphatic heterocycles. The second-order valence-electron chi connectivity index (χ2n) is 3.75. The average Bonchev–Trinajstić information content (AvgIpc) is 2.09. The van der Waals surface area contributed by atoms with Gasteiger partial charge in [-0.1, -0.05) is 13.8 Å². The van der Waals surface area contributed by atoms with E-state index in [1.165, 1.54) is 15.2 Å². The summed E-state index contributed by atoms with van der Waals surface area (Å²) in [5, 5.41) is 0. The van der Waals surface area contributed by atoms with Crippen LogP contribution in [0, 0.1) is 5.92 Å². The molecule has 1 aromatic rings. The van der Waals surface area contributed by atoms with Gasteiger partial charge in [0.15, 0.2) is 0 Å². The van der Waals surface area contributed by atoms with Crippen LogP contribution in [0.1, 0.15) is 13.8 Å². The first-order valence-electron chi connectivity index (χ1n) is 4.50. The fourth-order valence-electron chi connectivity index (χ4n) is 1.22. The molecule has 0 atom stereocenters. The molecule has 1 aromatic heterocycles. The van der Waals surface area contributed by atoms with Gasteiger partial charge in [-0.15, -0.1) is 0 Å². The Bertz CT molecular complexity index is 442. The number of aromatic nitrogens is 2. The van der Waals surface area contributed by atoms with Gasteiger partial charge in [0, 0.05) is 19.7 Å². The molecule has 0 saturated heterocycles. The molecule has 0 fully saturated rings. The van der Waals surface area contributed by atoms with Crippen molar-refractivity contribution in [3.8, 4) is 0 Å². The van der Waals surface area contributed by atoms with Crippen molar-refractivity contribution in [2.75, 3.05) is 5.73 Å². The molecule has 0 saturated carbocycles. The summed E-state index contributed by atoms with van der Waals surface area (Å²) in [5.41, 5.74) is 4.78. The first-order chi connectivity index (χ1) is 6.43. The third kappa shape index (κ3) is 1.86. The predicted octanol–water partition coefficient (Wildman–Crippen LogP) is -0.215. The molecule has 5 nitrogen and oxygen atoms in total. The Hall–Kier alpha value is -1.52. The first kappa shape index (κ1) is 10.6. The molecule has 78 valence electrons. The normalized spacial score (nSPS) is 10.9. The summed E-state index contributed by atoms with van der Waals surface area (Å²) in [5.74, 6) is 0.448. The van der Waals surface area contributed by atoms with Gasteiger partial charge in [0.25, 0.3) is 5.56 Å². The van der Waals surface area contributed by atoms with Gasteiger partial charge in [-0.25, -0.2) is 4.79 Å². The highest BCUT2D eigenvalue weighted by Gasteiger charge is 2.07. The lowest BCUT2D eigenvalue weighted by molar-refractivity contribution is 0.481. The highest BCUT2D eigenvalue weighted by Crippen LogP contribution is 1.95. The van der Waals surface area contributed by atoms with E-state index >= 15 is 0 Å². The molecule has 0 bridgehead atoms. The molecule has 0 spiro atoms. The van der Waals surface area contributed by atoms with Crippen LogP contribution in [0.4, 0.5) is 5.82 Å². The zero-order chi connectivity index (χ0) is 10.9. The van der Waals surface area contributed by atoms with E-state index in [4.69, 9.17) is 5.73 Å². The molecule has 0 aliphatic carbocycles. The maximum absolute atomic E-state index is 11.6. The van der Waals surface area contributed by atoms with Crippen molar-refractivity contribution in [2.45, 2.75) is 20.4 Å². The van der Waals surface area contributed by atoms with Crippen molar-refractivity contribution >= 4 is 5.82 Å². The molecule has 5 heteroatoms. The number of nitrogens with two attached hydrogens (primary N) is 1. The Morgan fingerprint density at radius 2 is 2.00 bits per heavy atom. The van der Waals surface area contributed by atoms with E-state index in [1.807, 2.05) is 13.8 Å². The Labute approximate surface area is 81.8 Å². The van der Waals surface area contributed by atoms with Gasteiger partial charge in [0.2, 0.25) is 0 Å². The number of nitrogens with zero attached hydrogens (tertiary/aromatic N) is 2. The zero-order valence-corrected chi connectivity index (χ0v) is 8.65. The highest BCUT2D eigenvalue weighted by atomic mass is 16.2. The predicted molar refractivity (Wildman–Crippen MR) is 55.2 cm³/mol. The summed E-state index contributed by atoms with van der Waals surface area (Å²) in [6.45, 7) is 4.32. The van der Waals surface area contributed by atoms with E-state index in [2.05, 4.69) is 0 Å². The number of anilines is 1. The summed E-state index contributed by atoms with van der Waals surface area (Å²) in [6, 6.07) is 1.27. The molecule has 14 heavy (non-hydrogen) atoms. The van der Waals surface area contributed by atoms with E-state index in [0.717, 1.165) is 0 Å². The lowest BCUT2D eigenvalue weighted by atomic mass is 10.2. The van der Waals surface area contributed by atoms with Crippen molar-refractivity contribution in [3.63, 3.8) is 0 Å². The molecule has 1 rings (SSSR count). The molecule has 0 unspecified atom stereocenters. The second kappa shape index (κ2) is 3.69. The first-order valence-corrected chi connectivity index (χ1v) is 4.50. The number of hydrogen-bond acceptors (Lipinski definition) is 3. The number of rotatable bonds is 2. The van der Waals surface area contributed by atoms with E-state index in [9.17, 15) is 9.59 Å². The molecular weight excluding hydrogens is 182 g/mol. The Morgan fingerprint density at radius 3 is 2.50 bits per heavy atom. The van der Waals surface area contributed by atoms with Crippen LogP contribution in [-0.4, -0.2) is 9.13 Å². The van der Waals surface area contributed by atoms with Gasteiger partial charge >= 0.3 is 5.69 Å². The van der Waals surface area contributed by atoms with Crippen LogP contribution >= 0.6 is 0 Å². The van der Waals surface area contributed by atoms with Gasteiger partial charge in [-0.2, -0.15) is 0 Å². The van der Waals surface area contributed by atoms with Crippen molar-refractivity contribution in [1.29, 1.82) is 0 Å². The Morgan fingerprint density at radius 1 is 1.43 bits per heavy atom. The van der Waals surface area contributed by atoms with Crippen LogP contribution < -0.4 is 17.0 Å². The van der Waals surface area contributed by atoms with E-state index in [-0.39, 0.29) is 23.0 Å². The maximum Gasteiger partial charge on any atom is 0.332 e. The minimum absolute atomic E-state index is 0.194. The van der Waals surface area contributed by atoms with Crippen molar-refractivity contribution in [2.24, 2.45) is 13.0 Å². The molecule has 0 aromatic carbocycles. The van der Waals surface area contributed by atoms with Gasteiger partial charge in [0.05, 0.1) is 0 Å². The monoisotopic (exact) mass is 197 g/mol. The Kier molecular flexibility index (Phi) is 2.78. The van der Waals surface area contributed by atoms with Gasteiger partial charge in [0.1, 0.15) is 5.82 Å². The Balaban J connectivity index is 3.38. The lowest BCUT2D eigenvalue weighted by Gasteiger charge is -2.10. The topological polar surface area (TPSA) is 70.0 Å². The van der Waals surface area contributed by atoms with E-state index in [1.54, 1.807) is 7.05 Å². The van der Waals surface area contributed by atoms with Gasteiger partial charge < -0.3 is 5.73 Å². The highest BCUT2D eigenvalue weighted by molar-refractivity contribution is 5.25. The molecule has 0 amide bonds. The molecule has 0 radical (unpaired) electrons. The van der Waals surface area contributed by atoms with Crippen LogP contribution in [0.3, 0.4) is 0 Å². The van der Waals surface area contributed by atoms with Crippen LogP contribution in [0.25, 0.3) is 0 Å².